The molecule has 0 aromatic carbocycles. The maximum Gasteiger partial charge on any atom is 0.330 e. The van der Waals surface area contributed by atoms with E-state index in [9.17, 15) is 9.59 Å². The van der Waals surface area contributed by atoms with Gasteiger partial charge in [-0.25, -0.2) is 4.79 Å². The fourth-order valence-corrected chi connectivity index (χ4v) is 2.27. The zero-order valence-corrected chi connectivity index (χ0v) is 9.97. The van der Waals surface area contributed by atoms with E-state index < -0.39 is 17.9 Å². The fourth-order valence-electron chi connectivity index (χ4n) is 0.843. The van der Waals surface area contributed by atoms with Crippen molar-refractivity contribution in [3.05, 3.63) is 20.8 Å². The number of hydrogen-bond donors (Lipinski definition) is 3. The summed E-state index contributed by atoms with van der Waals surface area (Å²) < 4.78 is 0.953. The first-order valence-electron chi connectivity index (χ1n) is 4.01. The number of hydrogen-bond acceptors (Lipinski definition) is 4. The minimum absolute atomic E-state index is 0.288. The standard InChI is InChI=1S/C8H9BrN2O3S/c9-5-2-1-4(15-5)3-11-7(12)6(10)8(13)14/h1-2,6H,3,10H2,(H,11,12)(H,13,14). The van der Waals surface area contributed by atoms with E-state index in [2.05, 4.69) is 21.2 Å². The number of carbonyl (C=O) groups is 2. The molecule has 15 heavy (non-hydrogen) atoms. The van der Waals surface area contributed by atoms with Crippen LogP contribution in [-0.4, -0.2) is 23.0 Å². The predicted molar refractivity (Wildman–Crippen MR) is 59.5 cm³/mol. The van der Waals surface area contributed by atoms with Crippen molar-refractivity contribution >= 4 is 39.1 Å². The Morgan fingerprint density at radius 1 is 1.60 bits per heavy atom. The van der Waals surface area contributed by atoms with E-state index in [1.54, 1.807) is 0 Å². The highest BCUT2D eigenvalue weighted by atomic mass is 79.9. The van der Waals surface area contributed by atoms with Crippen LogP contribution in [0.2, 0.25) is 0 Å². The van der Waals surface area contributed by atoms with E-state index in [1.165, 1.54) is 11.3 Å². The largest absolute Gasteiger partial charge is 0.480 e. The molecule has 0 saturated carbocycles. The summed E-state index contributed by atoms with van der Waals surface area (Å²) >= 11 is 4.74. The summed E-state index contributed by atoms with van der Waals surface area (Å²) in [5.74, 6) is -2.02. The van der Waals surface area contributed by atoms with Crippen molar-refractivity contribution in [1.29, 1.82) is 0 Å². The number of carboxylic acid groups (broad SMARTS) is 1. The zero-order valence-electron chi connectivity index (χ0n) is 7.57. The lowest BCUT2D eigenvalue weighted by atomic mass is 10.3. The summed E-state index contributed by atoms with van der Waals surface area (Å²) in [5.41, 5.74) is 5.11. The maximum atomic E-state index is 11.1. The van der Waals surface area contributed by atoms with Crippen LogP contribution in [-0.2, 0) is 16.1 Å². The Balaban J connectivity index is 2.44. The van der Waals surface area contributed by atoms with E-state index in [4.69, 9.17) is 10.8 Å². The minimum Gasteiger partial charge on any atom is -0.480 e. The number of thiophene rings is 1. The third-order valence-corrected chi connectivity index (χ3v) is 3.24. The molecule has 1 unspecified atom stereocenters. The number of halogens is 1. The molecule has 0 radical (unpaired) electrons. The van der Waals surface area contributed by atoms with Crippen LogP contribution in [0.15, 0.2) is 15.9 Å². The molecule has 5 nitrogen and oxygen atoms in total. The summed E-state index contributed by atoms with van der Waals surface area (Å²) in [7, 11) is 0. The number of amides is 1. The van der Waals surface area contributed by atoms with Gasteiger partial charge >= 0.3 is 5.97 Å². The lowest BCUT2D eigenvalue weighted by Crippen LogP contribution is -2.45. The summed E-state index contributed by atoms with van der Waals surface area (Å²) in [6.45, 7) is 0.288. The van der Waals surface area contributed by atoms with Gasteiger partial charge in [-0.15, -0.1) is 11.3 Å². The van der Waals surface area contributed by atoms with Crippen molar-refractivity contribution in [2.45, 2.75) is 12.6 Å². The van der Waals surface area contributed by atoms with Crippen molar-refractivity contribution in [3.8, 4) is 0 Å². The summed E-state index contributed by atoms with van der Waals surface area (Å²) in [5, 5.41) is 10.9. The van der Waals surface area contributed by atoms with Gasteiger partial charge in [0.15, 0.2) is 6.04 Å². The first-order valence-corrected chi connectivity index (χ1v) is 5.62. The molecule has 0 fully saturated rings. The number of rotatable bonds is 4. The van der Waals surface area contributed by atoms with Crippen LogP contribution in [0.4, 0.5) is 0 Å². The molecule has 0 bridgehead atoms. The Morgan fingerprint density at radius 3 is 2.73 bits per heavy atom. The van der Waals surface area contributed by atoms with Crippen LogP contribution >= 0.6 is 27.3 Å². The van der Waals surface area contributed by atoms with E-state index in [0.29, 0.717) is 0 Å². The quantitative estimate of drug-likeness (QED) is 0.706. The van der Waals surface area contributed by atoms with E-state index in [0.717, 1.165) is 8.66 Å². The van der Waals surface area contributed by atoms with Gasteiger partial charge in [0.25, 0.3) is 0 Å². The molecule has 1 aromatic heterocycles. The number of carboxylic acids is 1. The lowest BCUT2D eigenvalue weighted by molar-refractivity contribution is -0.142. The van der Waals surface area contributed by atoms with Crippen LogP contribution in [0.1, 0.15) is 4.88 Å². The van der Waals surface area contributed by atoms with Crippen LogP contribution in [0.5, 0.6) is 0 Å². The van der Waals surface area contributed by atoms with Crippen molar-refractivity contribution in [1.82, 2.24) is 5.32 Å². The second-order valence-corrected chi connectivity index (χ2v) is 5.29. The molecule has 0 aliphatic carbocycles. The van der Waals surface area contributed by atoms with Gasteiger partial charge in [-0.05, 0) is 28.1 Å². The second-order valence-electron chi connectivity index (χ2n) is 2.74. The molecule has 7 heteroatoms. The first-order chi connectivity index (χ1) is 7.00. The van der Waals surface area contributed by atoms with Gasteiger partial charge in [0, 0.05) is 4.88 Å². The molecule has 0 spiro atoms. The molecule has 1 heterocycles. The van der Waals surface area contributed by atoms with Gasteiger partial charge in [-0.2, -0.15) is 0 Å². The van der Waals surface area contributed by atoms with Crippen LogP contribution in [0, 0.1) is 0 Å². The molecule has 82 valence electrons. The third-order valence-electron chi connectivity index (χ3n) is 1.61. The SMILES string of the molecule is NC(C(=O)O)C(=O)NCc1ccc(Br)s1. The normalized spacial score (nSPS) is 12.1. The van der Waals surface area contributed by atoms with Crippen molar-refractivity contribution in [2.75, 3.05) is 0 Å². The van der Waals surface area contributed by atoms with Gasteiger partial charge in [0.2, 0.25) is 5.91 Å². The minimum atomic E-state index is -1.51. The molecular weight excluding hydrogens is 284 g/mol. The molecule has 1 rings (SSSR count). The molecule has 0 saturated heterocycles. The number of carbonyl (C=O) groups excluding carboxylic acids is 1. The Labute approximate surface area is 98.4 Å². The zero-order chi connectivity index (χ0) is 11.4. The average molecular weight is 293 g/mol. The highest BCUT2D eigenvalue weighted by Crippen LogP contribution is 2.21. The number of aliphatic carboxylic acids is 1. The Bertz CT molecular complexity index is 380. The first kappa shape index (κ1) is 12.2. The average Bonchev–Trinajstić information content (AvgIpc) is 2.59. The molecular formula is C8H9BrN2O3S. The lowest BCUT2D eigenvalue weighted by Gasteiger charge is -2.06. The maximum absolute atomic E-state index is 11.1. The fraction of sp³-hybridized carbons (Fsp3) is 0.250. The van der Waals surface area contributed by atoms with Gasteiger partial charge < -0.3 is 16.2 Å². The van der Waals surface area contributed by atoms with Crippen LogP contribution in [0.25, 0.3) is 0 Å². The molecule has 4 N–H and O–H groups in total. The smallest absolute Gasteiger partial charge is 0.330 e. The summed E-state index contributed by atoms with van der Waals surface area (Å²) in [6, 6.07) is 2.18. The summed E-state index contributed by atoms with van der Waals surface area (Å²) in [6.07, 6.45) is 0. The van der Waals surface area contributed by atoms with Gasteiger partial charge in [0.1, 0.15) is 0 Å². The van der Waals surface area contributed by atoms with Crippen LogP contribution < -0.4 is 11.1 Å². The van der Waals surface area contributed by atoms with Gasteiger partial charge in [-0.3, -0.25) is 4.79 Å². The van der Waals surface area contributed by atoms with E-state index in [-0.39, 0.29) is 6.54 Å². The van der Waals surface area contributed by atoms with Crippen molar-refractivity contribution in [2.24, 2.45) is 5.73 Å². The Hall–Kier alpha value is -0.920. The Kier molecular flexibility index (Phi) is 4.25. The number of nitrogens with two attached hydrogens (primary N) is 1. The van der Waals surface area contributed by atoms with Gasteiger partial charge in [0.05, 0.1) is 10.3 Å². The molecule has 0 aliphatic heterocycles. The molecule has 0 aliphatic rings. The Morgan fingerprint density at radius 2 is 2.27 bits per heavy atom. The summed E-state index contributed by atoms with van der Waals surface area (Å²) in [4.78, 5) is 22.4. The molecule has 1 amide bonds. The highest BCUT2D eigenvalue weighted by molar-refractivity contribution is 9.11. The number of nitrogens with one attached hydrogen (secondary N) is 1. The molecule has 1 atom stereocenters. The predicted octanol–water partition coefficient (Wildman–Crippen LogP) is 0.539. The monoisotopic (exact) mass is 292 g/mol. The van der Waals surface area contributed by atoms with E-state index >= 15 is 0 Å². The van der Waals surface area contributed by atoms with Crippen LogP contribution in [0.3, 0.4) is 0 Å². The third kappa shape index (κ3) is 3.61. The molecule has 1 aromatic rings. The van der Waals surface area contributed by atoms with E-state index in [1.807, 2.05) is 12.1 Å². The highest BCUT2D eigenvalue weighted by Gasteiger charge is 2.20. The second kappa shape index (κ2) is 5.24. The topological polar surface area (TPSA) is 92.4 Å². The van der Waals surface area contributed by atoms with Crippen molar-refractivity contribution in [3.63, 3.8) is 0 Å². The van der Waals surface area contributed by atoms with Gasteiger partial charge in [-0.1, -0.05) is 0 Å². The van der Waals surface area contributed by atoms with Crippen molar-refractivity contribution < 1.29 is 14.7 Å².